The highest BCUT2D eigenvalue weighted by Gasteiger charge is 2.41. The summed E-state index contributed by atoms with van der Waals surface area (Å²) in [7, 11) is 0. The fraction of sp³-hybridized carbons (Fsp3) is 0.400. The van der Waals surface area contributed by atoms with Gasteiger partial charge in [0.25, 0.3) is 0 Å². The first-order valence-electron chi connectivity index (χ1n) is 6.10. The minimum Gasteiger partial charge on any atom is -0.506 e. The number of aromatic hydroxyl groups is 1. The van der Waals surface area contributed by atoms with Crippen molar-refractivity contribution < 1.29 is 15.0 Å². The molecular weight excluding hydrogens is 264 g/mol. The molecule has 0 heterocycles. The zero-order valence-electron chi connectivity index (χ0n) is 11.3. The van der Waals surface area contributed by atoms with Crippen LogP contribution >= 0.6 is 11.6 Å². The molecule has 0 unspecified atom stereocenters. The minimum atomic E-state index is -0.519. The molecule has 4 heteroatoms. The number of hydrogen-bond acceptors (Lipinski definition) is 3. The molecule has 0 aromatic heterocycles. The number of rotatable bonds is 2. The summed E-state index contributed by atoms with van der Waals surface area (Å²) >= 11 is 6.10. The summed E-state index contributed by atoms with van der Waals surface area (Å²) in [6.07, 6.45) is 0.515. The Labute approximate surface area is 117 Å². The molecule has 1 aliphatic carbocycles. The number of phenols is 1. The Morgan fingerprint density at radius 3 is 2.58 bits per heavy atom. The van der Waals surface area contributed by atoms with E-state index in [9.17, 15) is 15.0 Å². The molecule has 102 valence electrons. The molecule has 0 aliphatic heterocycles. The molecule has 2 N–H and O–H groups in total. The van der Waals surface area contributed by atoms with Crippen molar-refractivity contribution in [2.24, 2.45) is 5.41 Å². The summed E-state index contributed by atoms with van der Waals surface area (Å²) < 4.78 is 0. The normalized spacial score (nSPS) is 16.6. The molecule has 3 nitrogen and oxygen atoms in total. The third-order valence-corrected chi connectivity index (χ3v) is 4.22. The molecule has 1 aliphatic rings. The molecule has 1 aromatic rings. The molecule has 0 fully saturated rings. The number of carbonyl (C=O) groups is 1. The van der Waals surface area contributed by atoms with Gasteiger partial charge in [0.1, 0.15) is 5.75 Å². The van der Waals surface area contributed by atoms with Crippen LogP contribution in [0.4, 0.5) is 0 Å². The van der Waals surface area contributed by atoms with E-state index >= 15 is 0 Å². The van der Waals surface area contributed by atoms with E-state index in [1.807, 2.05) is 13.8 Å². The molecule has 0 spiro atoms. The van der Waals surface area contributed by atoms with Gasteiger partial charge in [0, 0.05) is 16.5 Å². The topological polar surface area (TPSA) is 57.5 Å². The summed E-state index contributed by atoms with van der Waals surface area (Å²) in [6, 6.07) is 0. The predicted molar refractivity (Wildman–Crippen MR) is 75.8 cm³/mol. The van der Waals surface area contributed by atoms with Gasteiger partial charge in [-0.15, -0.1) is 0 Å². The standard InChI is InChI=1S/C15H17ClO3/c1-7(6-17)10-9-5-15(3,4)14(19)11(9)8(2)12(16)13(10)18/h17-18H,1,5-6H2,2-4H3. The fourth-order valence-electron chi connectivity index (χ4n) is 2.70. The Kier molecular flexibility index (Phi) is 3.23. The molecule has 1 aromatic carbocycles. The molecule has 0 saturated heterocycles. The lowest BCUT2D eigenvalue weighted by Crippen LogP contribution is -2.19. The van der Waals surface area contributed by atoms with Gasteiger partial charge in [-0.2, -0.15) is 0 Å². The van der Waals surface area contributed by atoms with E-state index in [-0.39, 0.29) is 23.2 Å². The van der Waals surface area contributed by atoms with Crippen LogP contribution in [0.5, 0.6) is 5.75 Å². The molecular formula is C15H17ClO3. The van der Waals surface area contributed by atoms with E-state index in [0.717, 1.165) is 5.56 Å². The maximum atomic E-state index is 12.4. The van der Waals surface area contributed by atoms with E-state index in [1.54, 1.807) is 6.92 Å². The highest BCUT2D eigenvalue weighted by Crippen LogP contribution is 2.47. The van der Waals surface area contributed by atoms with Crippen molar-refractivity contribution in [3.8, 4) is 5.75 Å². The van der Waals surface area contributed by atoms with Gasteiger partial charge in [0.2, 0.25) is 0 Å². The highest BCUT2D eigenvalue weighted by atomic mass is 35.5. The van der Waals surface area contributed by atoms with E-state index in [2.05, 4.69) is 6.58 Å². The molecule has 0 bridgehead atoms. The Morgan fingerprint density at radius 2 is 2.05 bits per heavy atom. The van der Waals surface area contributed by atoms with E-state index < -0.39 is 5.41 Å². The number of carbonyl (C=O) groups excluding carboxylic acids is 1. The quantitative estimate of drug-likeness (QED) is 0.875. The van der Waals surface area contributed by atoms with Crippen LogP contribution in [-0.4, -0.2) is 22.6 Å². The third kappa shape index (κ3) is 1.88. The first kappa shape index (κ1) is 14.1. The predicted octanol–water partition coefficient (Wildman–Crippen LogP) is 3.12. The Bertz CT molecular complexity index is 600. The van der Waals surface area contributed by atoms with Gasteiger partial charge in [0.05, 0.1) is 11.6 Å². The maximum absolute atomic E-state index is 12.4. The molecule has 0 atom stereocenters. The van der Waals surface area contributed by atoms with E-state index in [4.69, 9.17) is 11.6 Å². The molecule has 0 amide bonds. The van der Waals surface area contributed by atoms with Crippen LogP contribution in [0.2, 0.25) is 5.02 Å². The fourth-order valence-corrected chi connectivity index (χ4v) is 2.88. The second-order valence-corrected chi connectivity index (χ2v) is 6.05. The first-order chi connectivity index (χ1) is 8.72. The average Bonchev–Trinajstić information content (AvgIpc) is 2.57. The number of aliphatic hydroxyl groups is 1. The number of benzene rings is 1. The zero-order valence-corrected chi connectivity index (χ0v) is 12.1. The number of Topliss-reactive ketones (excluding diaryl/α,β-unsaturated/α-hetero) is 1. The van der Waals surface area contributed by atoms with Crippen molar-refractivity contribution in [3.63, 3.8) is 0 Å². The van der Waals surface area contributed by atoms with Crippen molar-refractivity contribution >= 4 is 23.0 Å². The number of ketones is 1. The Morgan fingerprint density at radius 1 is 1.47 bits per heavy atom. The SMILES string of the molecule is C=C(CO)c1c(O)c(Cl)c(C)c2c1CC(C)(C)C2=O. The number of fused-ring (bicyclic) bond motifs is 1. The van der Waals surface area contributed by atoms with Gasteiger partial charge >= 0.3 is 0 Å². The highest BCUT2D eigenvalue weighted by molar-refractivity contribution is 6.34. The van der Waals surface area contributed by atoms with E-state index in [0.29, 0.717) is 28.7 Å². The zero-order chi connectivity index (χ0) is 14.5. The van der Waals surface area contributed by atoms with Gasteiger partial charge in [-0.3, -0.25) is 4.79 Å². The van der Waals surface area contributed by atoms with Crippen LogP contribution in [0.1, 0.15) is 40.9 Å². The smallest absolute Gasteiger partial charge is 0.169 e. The van der Waals surface area contributed by atoms with Crippen molar-refractivity contribution in [2.45, 2.75) is 27.2 Å². The summed E-state index contributed by atoms with van der Waals surface area (Å²) in [4.78, 5) is 12.4. The second kappa shape index (κ2) is 4.36. The van der Waals surface area contributed by atoms with Crippen molar-refractivity contribution in [2.75, 3.05) is 6.61 Å². The van der Waals surface area contributed by atoms with Gasteiger partial charge in [-0.05, 0) is 30.0 Å². The van der Waals surface area contributed by atoms with Gasteiger partial charge in [-0.1, -0.05) is 32.0 Å². The first-order valence-corrected chi connectivity index (χ1v) is 6.48. The number of phenolic OH excluding ortho intramolecular Hbond substituents is 1. The van der Waals surface area contributed by atoms with Crippen LogP contribution in [0.25, 0.3) is 5.57 Å². The molecule has 0 saturated carbocycles. The number of hydrogen-bond donors (Lipinski definition) is 2. The van der Waals surface area contributed by atoms with Crippen molar-refractivity contribution in [3.05, 3.63) is 33.9 Å². The second-order valence-electron chi connectivity index (χ2n) is 5.67. The summed E-state index contributed by atoms with van der Waals surface area (Å²) in [5, 5.41) is 19.6. The van der Waals surface area contributed by atoms with Crippen LogP contribution < -0.4 is 0 Å². The Hall–Kier alpha value is -1.32. The monoisotopic (exact) mass is 280 g/mol. The third-order valence-electron chi connectivity index (χ3n) is 3.76. The van der Waals surface area contributed by atoms with Gasteiger partial charge < -0.3 is 10.2 Å². The van der Waals surface area contributed by atoms with Crippen molar-refractivity contribution in [1.82, 2.24) is 0 Å². The van der Waals surface area contributed by atoms with Crippen LogP contribution in [0, 0.1) is 12.3 Å². The van der Waals surface area contributed by atoms with Crippen LogP contribution in [0.15, 0.2) is 6.58 Å². The summed E-state index contributed by atoms with van der Waals surface area (Å²) in [5.41, 5.74) is 2.19. The maximum Gasteiger partial charge on any atom is 0.169 e. The summed E-state index contributed by atoms with van der Waals surface area (Å²) in [6.45, 7) is 8.92. The van der Waals surface area contributed by atoms with Crippen molar-refractivity contribution in [1.29, 1.82) is 0 Å². The number of aliphatic hydroxyl groups excluding tert-OH is 1. The lowest BCUT2D eigenvalue weighted by molar-refractivity contribution is 0.0863. The molecule has 2 rings (SSSR count). The molecule has 0 radical (unpaired) electrons. The molecule has 19 heavy (non-hydrogen) atoms. The summed E-state index contributed by atoms with van der Waals surface area (Å²) in [5.74, 6) is -0.0728. The van der Waals surface area contributed by atoms with Crippen LogP contribution in [0.3, 0.4) is 0 Å². The van der Waals surface area contributed by atoms with E-state index in [1.165, 1.54) is 0 Å². The Balaban J connectivity index is 2.85. The van der Waals surface area contributed by atoms with Gasteiger partial charge in [-0.25, -0.2) is 0 Å². The van der Waals surface area contributed by atoms with Gasteiger partial charge in [0.15, 0.2) is 5.78 Å². The lowest BCUT2D eigenvalue weighted by atomic mass is 9.88. The van der Waals surface area contributed by atoms with Crippen LogP contribution in [-0.2, 0) is 6.42 Å². The lowest BCUT2D eigenvalue weighted by Gasteiger charge is -2.15. The average molecular weight is 281 g/mol. The number of halogens is 1. The minimum absolute atomic E-state index is 0.0221. The largest absolute Gasteiger partial charge is 0.506 e.